The molecule has 9 heteroatoms. The first kappa shape index (κ1) is 21.8. The van der Waals surface area contributed by atoms with Crippen molar-refractivity contribution < 1.29 is 8.95 Å². The molecule has 1 heterocycles. The van der Waals surface area contributed by atoms with Crippen molar-refractivity contribution in [3.63, 3.8) is 0 Å². The number of methoxy groups -OCH3 is 1. The number of hydrogen-bond donors (Lipinski definition) is 2. The summed E-state index contributed by atoms with van der Waals surface area (Å²) in [6.07, 6.45) is 5.09. The van der Waals surface area contributed by atoms with Gasteiger partial charge in [0.2, 0.25) is 0 Å². The van der Waals surface area contributed by atoms with Crippen molar-refractivity contribution in [1.29, 1.82) is 0 Å². The molecule has 0 spiro atoms. The first-order valence-electron chi connectivity index (χ1n) is 9.81. The van der Waals surface area contributed by atoms with Gasteiger partial charge in [-0.3, -0.25) is 4.21 Å². The highest BCUT2D eigenvalue weighted by Gasteiger charge is 2.26. The van der Waals surface area contributed by atoms with E-state index in [2.05, 4.69) is 20.8 Å². The molecule has 1 saturated carbocycles. The SMILES string of the molecule is CCS(=O)C1CCCC(NC(=NCc2nnc(C)n2C)NCCCOC)C1. The van der Waals surface area contributed by atoms with Crippen molar-refractivity contribution in [2.24, 2.45) is 12.0 Å². The third-order valence-electron chi connectivity index (χ3n) is 5.00. The standard InChI is InChI=1S/C18H34N6O2S/c1-5-27(25)16-9-6-8-15(12-16)21-18(19-10-7-11-26-4)20-13-17-23-22-14(2)24(17)3/h15-16H,5-13H2,1-4H3,(H2,19,20,21). The molecule has 1 aliphatic carbocycles. The predicted molar refractivity (Wildman–Crippen MR) is 109 cm³/mol. The Morgan fingerprint density at radius 1 is 1.41 bits per heavy atom. The minimum absolute atomic E-state index is 0.289. The topological polar surface area (TPSA) is 93.4 Å². The average Bonchev–Trinajstić information content (AvgIpc) is 3.00. The third kappa shape index (κ3) is 6.88. The fourth-order valence-electron chi connectivity index (χ4n) is 3.26. The van der Waals surface area contributed by atoms with E-state index in [1.165, 1.54) is 0 Å². The van der Waals surface area contributed by atoms with Gasteiger partial charge in [-0.25, -0.2) is 4.99 Å². The van der Waals surface area contributed by atoms with Gasteiger partial charge in [0, 0.05) is 55.2 Å². The first-order valence-corrected chi connectivity index (χ1v) is 11.2. The van der Waals surface area contributed by atoms with Crippen LogP contribution in [0.1, 0.15) is 50.7 Å². The summed E-state index contributed by atoms with van der Waals surface area (Å²) >= 11 is 0. The second kappa shape index (κ2) is 11.4. The molecule has 0 amide bonds. The number of aliphatic imine (C=N–C) groups is 1. The van der Waals surface area contributed by atoms with Gasteiger partial charge in [-0.2, -0.15) is 0 Å². The van der Waals surface area contributed by atoms with Gasteiger partial charge in [0.1, 0.15) is 12.4 Å². The Hall–Kier alpha value is -1.48. The quantitative estimate of drug-likeness (QED) is 0.370. The lowest BCUT2D eigenvalue weighted by Gasteiger charge is -2.30. The van der Waals surface area contributed by atoms with Gasteiger partial charge in [-0.05, 0) is 32.6 Å². The van der Waals surface area contributed by atoms with E-state index in [0.29, 0.717) is 19.2 Å². The second-order valence-corrected chi connectivity index (χ2v) is 8.97. The lowest BCUT2D eigenvalue weighted by molar-refractivity contribution is 0.195. The van der Waals surface area contributed by atoms with Gasteiger partial charge in [-0.15, -0.1) is 10.2 Å². The van der Waals surface area contributed by atoms with Crippen LogP contribution in [0.4, 0.5) is 0 Å². The average molecular weight is 399 g/mol. The zero-order chi connectivity index (χ0) is 19.6. The highest BCUT2D eigenvalue weighted by atomic mass is 32.2. The van der Waals surface area contributed by atoms with Crippen LogP contribution in [0.3, 0.4) is 0 Å². The van der Waals surface area contributed by atoms with Gasteiger partial charge >= 0.3 is 0 Å². The molecular weight excluding hydrogens is 364 g/mol. The fourth-order valence-corrected chi connectivity index (χ4v) is 4.61. The molecule has 0 bridgehead atoms. The van der Waals surface area contributed by atoms with Crippen LogP contribution in [-0.2, 0) is 29.1 Å². The molecule has 1 aliphatic rings. The third-order valence-corrected chi connectivity index (χ3v) is 6.74. The van der Waals surface area contributed by atoms with Crippen molar-refractivity contribution >= 4 is 16.8 Å². The van der Waals surface area contributed by atoms with Crippen LogP contribution in [0.2, 0.25) is 0 Å². The zero-order valence-corrected chi connectivity index (χ0v) is 17.8. The molecule has 27 heavy (non-hydrogen) atoms. The van der Waals surface area contributed by atoms with Crippen molar-refractivity contribution in [2.75, 3.05) is 26.0 Å². The van der Waals surface area contributed by atoms with Crippen LogP contribution in [0.25, 0.3) is 0 Å². The van der Waals surface area contributed by atoms with Crippen LogP contribution in [0.15, 0.2) is 4.99 Å². The number of rotatable bonds is 9. The predicted octanol–water partition coefficient (Wildman–Crippen LogP) is 1.28. The lowest BCUT2D eigenvalue weighted by Crippen LogP contribution is -2.47. The van der Waals surface area contributed by atoms with E-state index < -0.39 is 10.8 Å². The van der Waals surface area contributed by atoms with Crippen LogP contribution >= 0.6 is 0 Å². The van der Waals surface area contributed by atoms with Crippen LogP contribution in [0.5, 0.6) is 0 Å². The minimum Gasteiger partial charge on any atom is -0.385 e. The van der Waals surface area contributed by atoms with Crippen molar-refractivity contribution in [1.82, 2.24) is 25.4 Å². The van der Waals surface area contributed by atoms with Crippen LogP contribution < -0.4 is 10.6 Å². The molecule has 3 unspecified atom stereocenters. The van der Waals surface area contributed by atoms with E-state index in [1.807, 2.05) is 25.5 Å². The number of guanidine groups is 1. The molecule has 0 aliphatic heterocycles. The number of ether oxygens (including phenoxy) is 1. The Labute approximate surface area is 165 Å². The number of nitrogens with zero attached hydrogens (tertiary/aromatic N) is 4. The molecule has 1 fully saturated rings. The number of hydrogen-bond acceptors (Lipinski definition) is 5. The Morgan fingerprint density at radius 2 is 2.22 bits per heavy atom. The van der Waals surface area contributed by atoms with Gasteiger partial charge in [-0.1, -0.05) is 13.3 Å². The second-order valence-electron chi connectivity index (χ2n) is 6.96. The number of aromatic nitrogens is 3. The zero-order valence-electron chi connectivity index (χ0n) is 17.0. The maximum absolute atomic E-state index is 12.2. The molecule has 2 N–H and O–H groups in total. The van der Waals surface area contributed by atoms with E-state index in [-0.39, 0.29) is 5.25 Å². The highest BCUT2D eigenvalue weighted by molar-refractivity contribution is 7.85. The molecule has 0 aromatic carbocycles. The van der Waals surface area contributed by atoms with E-state index in [1.54, 1.807) is 7.11 Å². The highest BCUT2D eigenvalue weighted by Crippen LogP contribution is 2.23. The van der Waals surface area contributed by atoms with Gasteiger partial charge in [0.15, 0.2) is 11.8 Å². The largest absolute Gasteiger partial charge is 0.385 e. The van der Waals surface area contributed by atoms with E-state index in [9.17, 15) is 4.21 Å². The molecule has 1 aromatic heterocycles. The van der Waals surface area contributed by atoms with Gasteiger partial charge in [0.25, 0.3) is 0 Å². The lowest BCUT2D eigenvalue weighted by atomic mass is 9.95. The summed E-state index contributed by atoms with van der Waals surface area (Å²) in [6.45, 7) is 5.89. The van der Waals surface area contributed by atoms with Crippen molar-refractivity contribution in [2.45, 2.75) is 63.8 Å². The van der Waals surface area contributed by atoms with E-state index in [4.69, 9.17) is 9.73 Å². The fraction of sp³-hybridized carbons (Fsp3) is 0.833. The monoisotopic (exact) mass is 398 g/mol. The summed E-state index contributed by atoms with van der Waals surface area (Å²) < 4.78 is 19.3. The maximum Gasteiger partial charge on any atom is 0.191 e. The van der Waals surface area contributed by atoms with Crippen molar-refractivity contribution in [3.8, 4) is 0 Å². The summed E-state index contributed by atoms with van der Waals surface area (Å²) in [5, 5.41) is 15.5. The normalized spacial score (nSPS) is 21.9. The van der Waals surface area contributed by atoms with Gasteiger partial charge < -0.3 is 19.9 Å². The smallest absolute Gasteiger partial charge is 0.191 e. The summed E-state index contributed by atoms with van der Waals surface area (Å²) in [4.78, 5) is 4.70. The molecule has 0 radical (unpaired) electrons. The van der Waals surface area contributed by atoms with Crippen molar-refractivity contribution in [3.05, 3.63) is 11.6 Å². The number of nitrogens with one attached hydrogen (secondary N) is 2. The van der Waals surface area contributed by atoms with Crippen LogP contribution in [0, 0.1) is 6.92 Å². The van der Waals surface area contributed by atoms with E-state index in [0.717, 1.165) is 62.0 Å². The first-order chi connectivity index (χ1) is 13.0. The number of aryl methyl sites for hydroxylation is 1. The molecule has 8 nitrogen and oxygen atoms in total. The van der Waals surface area contributed by atoms with E-state index >= 15 is 0 Å². The molecule has 0 saturated heterocycles. The Bertz CT molecular complexity index is 633. The molecular formula is C18H34N6O2S. The van der Waals surface area contributed by atoms with Crippen LogP contribution in [-0.4, -0.2) is 62.2 Å². The minimum atomic E-state index is -0.729. The molecule has 2 rings (SSSR count). The molecule has 154 valence electrons. The summed E-state index contributed by atoms with van der Waals surface area (Å²) in [7, 11) is 2.93. The molecule has 3 atom stereocenters. The Balaban J connectivity index is 1.99. The van der Waals surface area contributed by atoms with Gasteiger partial charge in [0.05, 0.1) is 0 Å². The summed E-state index contributed by atoms with van der Waals surface area (Å²) in [5.41, 5.74) is 0. The molecule has 1 aromatic rings. The summed E-state index contributed by atoms with van der Waals surface area (Å²) in [5.74, 6) is 3.22. The Kier molecular flexibility index (Phi) is 9.20. The maximum atomic E-state index is 12.2. The summed E-state index contributed by atoms with van der Waals surface area (Å²) in [6, 6.07) is 0.300. The Morgan fingerprint density at radius 3 is 2.89 bits per heavy atom.